The van der Waals surface area contributed by atoms with Gasteiger partial charge in [0.2, 0.25) is 0 Å². The lowest BCUT2D eigenvalue weighted by Crippen LogP contribution is -2.43. The Bertz CT molecular complexity index is 416. The number of morpholine rings is 1. The van der Waals surface area contributed by atoms with Gasteiger partial charge < -0.3 is 19.9 Å². The Morgan fingerprint density at radius 3 is 3.19 bits per heavy atom. The summed E-state index contributed by atoms with van der Waals surface area (Å²) >= 11 is 0. The van der Waals surface area contributed by atoms with E-state index in [1.165, 1.54) is 0 Å². The van der Waals surface area contributed by atoms with Gasteiger partial charge in [0, 0.05) is 19.3 Å². The topological polar surface area (TPSA) is 60.5 Å². The first-order valence-corrected chi connectivity index (χ1v) is 5.42. The number of ether oxygens (including phenoxy) is 1. The van der Waals surface area contributed by atoms with Crippen molar-refractivity contribution in [3.63, 3.8) is 0 Å². The fourth-order valence-electron chi connectivity index (χ4n) is 1.90. The second kappa shape index (κ2) is 4.67. The molecule has 1 aromatic rings. The number of anilines is 1. The zero-order valence-electron chi connectivity index (χ0n) is 9.43. The second-order valence-electron chi connectivity index (χ2n) is 4.18. The van der Waals surface area contributed by atoms with Crippen molar-refractivity contribution in [1.29, 1.82) is 0 Å². The fraction of sp³-hybridized carbons (Fsp3) is 0.545. The number of hydrogen-bond donors (Lipinski definition) is 1. The number of nitrogens with zero attached hydrogens (tertiary/aromatic N) is 2. The molecule has 1 aromatic heterocycles. The van der Waals surface area contributed by atoms with Gasteiger partial charge in [-0.25, -0.2) is 0 Å². The fourth-order valence-corrected chi connectivity index (χ4v) is 1.90. The average molecular weight is 223 g/mol. The van der Waals surface area contributed by atoms with Crippen molar-refractivity contribution < 1.29 is 4.74 Å². The Hall–Kier alpha value is -1.33. The predicted octanol–water partition coefficient (Wildman–Crippen LogP) is -0.239. The molecule has 1 unspecified atom stereocenters. The number of pyridine rings is 1. The third kappa shape index (κ3) is 2.43. The van der Waals surface area contributed by atoms with Gasteiger partial charge >= 0.3 is 0 Å². The Labute approximate surface area is 94.4 Å². The zero-order valence-corrected chi connectivity index (χ0v) is 9.43. The van der Waals surface area contributed by atoms with Crippen molar-refractivity contribution in [1.82, 2.24) is 9.47 Å². The normalized spacial score (nSPS) is 22.2. The molecule has 0 bridgehead atoms. The molecule has 1 aliphatic rings. The molecule has 0 amide bonds. The first-order valence-electron chi connectivity index (χ1n) is 5.42. The van der Waals surface area contributed by atoms with Gasteiger partial charge in [0.25, 0.3) is 5.56 Å². The third-order valence-corrected chi connectivity index (χ3v) is 2.79. The van der Waals surface area contributed by atoms with Crippen LogP contribution < -0.4 is 11.3 Å². The van der Waals surface area contributed by atoms with Crippen LogP contribution in [0.1, 0.15) is 0 Å². The molecular formula is C11H17N3O2. The highest BCUT2D eigenvalue weighted by Gasteiger charge is 2.18. The molecule has 1 aliphatic heterocycles. The molecule has 5 nitrogen and oxygen atoms in total. The molecule has 0 saturated carbocycles. The molecular weight excluding hydrogens is 206 g/mol. The lowest BCUT2D eigenvalue weighted by atomic mass is 10.2. The highest BCUT2D eigenvalue weighted by atomic mass is 16.5. The van der Waals surface area contributed by atoms with Crippen LogP contribution in [0.2, 0.25) is 0 Å². The predicted molar refractivity (Wildman–Crippen MR) is 62.4 cm³/mol. The van der Waals surface area contributed by atoms with Crippen LogP contribution >= 0.6 is 0 Å². The van der Waals surface area contributed by atoms with E-state index in [1.807, 2.05) is 0 Å². The molecule has 0 aromatic carbocycles. The average Bonchev–Trinajstić information content (AvgIpc) is 2.25. The van der Waals surface area contributed by atoms with E-state index in [-0.39, 0.29) is 17.4 Å². The minimum atomic E-state index is -0.140. The summed E-state index contributed by atoms with van der Waals surface area (Å²) in [6.07, 6.45) is 1.81. The SMILES string of the molecule is CN1CCOC(Cn2cccc(N)c2=O)C1. The number of rotatable bonds is 2. The van der Waals surface area contributed by atoms with Crippen molar-refractivity contribution in [3.05, 3.63) is 28.7 Å². The summed E-state index contributed by atoms with van der Waals surface area (Å²) in [4.78, 5) is 13.9. The summed E-state index contributed by atoms with van der Waals surface area (Å²) in [6, 6.07) is 3.40. The van der Waals surface area contributed by atoms with Gasteiger partial charge in [-0.2, -0.15) is 0 Å². The van der Waals surface area contributed by atoms with Crippen LogP contribution in [0.3, 0.4) is 0 Å². The number of aromatic nitrogens is 1. The molecule has 0 aliphatic carbocycles. The lowest BCUT2D eigenvalue weighted by molar-refractivity contribution is -0.0278. The Kier molecular flexibility index (Phi) is 3.26. The van der Waals surface area contributed by atoms with Gasteiger partial charge in [-0.05, 0) is 19.2 Å². The molecule has 88 valence electrons. The number of nitrogens with two attached hydrogens (primary N) is 1. The van der Waals surface area contributed by atoms with Gasteiger partial charge in [0.1, 0.15) is 0 Å². The van der Waals surface area contributed by atoms with Crippen LogP contribution in [0.5, 0.6) is 0 Å². The third-order valence-electron chi connectivity index (χ3n) is 2.79. The standard InChI is InChI=1S/C11H17N3O2/c1-13-5-6-16-9(7-13)8-14-4-2-3-10(12)11(14)15/h2-4,9H,5-8,12H2,1H3. The van der Waals surface area contributed by atoms with E-state index in [0.29, 0.717) is 6.54 Å². The Morgan fingerprint density at radius 1 is 1.62 bits per heavy atom. The summed E-state index contributed by atoms with van der Waals surface area (Å²) in [5.74, 6) is 0. The van der Waals surface area contributed by atoms with Crippen molar-refractivity contribution in [2.24, 2.45) is 0 Å². The van der Waals surface area contributed by atoms with E-state index in [2.05, 4.69) is 11.9 Å². The van der Waals surface area contributed by atoms with E-state index in [9.17, 15) is 4.79 Å². The highest BCUT2D eigenvalue weighted by molar-refractivity contribution is 5.33. The van der Waals surface area contributed by atoms with Crippen molar-refractivity contribution in [2.75, 3.05) is 32.5 Å². The molecule has 1 fully saturated rings. The molecule has 5 heteroatoms. The van der Waals surface area contributed by atoms with Crippen LogP contribution in [-0.4, -0.2) is 42.3 Å². The van der Waals surface area contributed by atoms with Crippen LogP contribution in [0.4, 0.5) is 5.69 Å². The molecule has 2 N–H and O–H groups in total. The summed E-state index contributed by atoms with van der Waals surface area (Å²) in [7, 11) is 2.05. The molecule has 2 rings (SSSR count). The van der Waals surface area contributed by atoms with Crippen molar-refractivity contribution >= 4 is 5.69 Å². The summed E-state index contributed by atoms with van der Waals surface area (Å²) < 4.78 is 7.22. The van der Waals surface area contributed by atoms with Crippen LogP contribution in [-0.2, 0) is 11.3 Å². The van der Waals surface area contributed by atoms with Crippen molar-refractivity contribution in [2.45, 2.75) is 12.6 Å². The Morgan fingerprint density at radius 2 is 2.44 bits per heavy atom. The van der Waals surface area contributed by atoms with E-state index < -0.39 is 0 Å². The number of nitrogen functional groups attached to an aromatic ring is 1. The zero-order chi connectivity index (χ0) is 11.5. The van der Waals surface area contributed by atoms with E-state index in [0.717, 1.165) is 19.7 Å². The van der Waals surface area contributed by atoms with E-state index in [4.69, 9.17) is 10.5 Å². The second-order valence-corrected chi connectivity index (χ2v) is 4.18. The molecule has 16 heavy (non-hydrogen) atoms. The van der Waals surface area contributed by atoms with Crippen LogP contribution in [0.25, 0.3) is 0 Å². The maximum absolute atomic E-state index is 11.7. The quantitative estimate of drug-likeness (QED) is 0.752. The van der Waals surface area contributed by atoms with E-state index in [1.54, 1.807) is 22.9 Å². The highest BCUT2D eigenvalue weighted by Crippen LogP contribution is 2.05. The minimum Gasteiger partial charge on any atom is -0.394 e. The smallest absolute Gasteiger partial charge is 0.273 e. The van der Waals surface area contributed by atoms with Crippen LogP contribution in [0, 0.1) is 0 Å². The minimum absolute atomic E-state index is 0.0678. The van der Waals surface area contributed by atoms with Gasteiger partial charge in [-0.3, -0.25) is 4.79 Å². The van der Waals surface area contributed by atoms with Gasteiger partial charge in [0.15, 0.2) is 0 Å². The monoisotopic (exact) mass is 223 g/mol. The maximum atomic E-state index is 11.7. The maximum Gasteiger partial charge on any atom is 0.273 e. The number of hydrogen-bond acceptors (Lipinski definition) is 4. The summed E-state index contributed by atoms with van der Waals surface area (Å²) in [5, 5.41) is 0. The molecule has 1 saturated heterocycles. The lowest BCUT2D eigenvalue weighted by Gasteiger charge is -2.30. The first kappa shape index (κ1) is 11.2. The summed E-state index contributed by atoms with van der Waals surface area (Å²) in [6.45, 7) is 3.08. The Balaban J connectivity index is 2.09. The van der Waals surface area contributed by atoms with Gasteiger partial charge in [-0.1, -0.05) is 0 Å². The van der Waals surface area contributed by atoms with Gasteiger partial charge in [-0.15, -0.1) is 0 Å². The molecule has 0 spiro atoms. The first-order chi connectivity index (χ1) is 7.66. The van der Waals surface area contributed by atoms with Crippen LogP contribution in [0.15, 0.2) is 23.1 Å². The summed E-state index contributed by atoms with van der Waals surface area (Å²) in [5.41, 5.74) is 5.71. The van der Waals surface area contributed by atoms with Crippen molar-refractivity contribution in [3.8, 4) is 0 Å². The van der Waals surface area contributed by atoms with E-state index >= 15 is 0 Å². The molecule has 0 radical (unpaired) electrons. The molecule has 2 heterocycles. The largest absolute Gasteiger partial charge is 0.394 e. The van der Waals surface area contributed by atoms with Gasteiger partial charge in [0.05, 0.1) is 24.9 Å². The number of likely N-dealkylation sites (N-methyl/N-ethyl adjacent to an activating group) is 1. The molecule has 1 atom stereocenters.